The Kier molecular flexibility index (Phi) is 10.1. The summed E-state index contributed by atoms with van der Waals surface area (Å²) < 4.78 is 249. The van der Waals surface area contributed by atoms with E-state index < -0.39 is 84.0 Å². The SMILES string of the molecule is Cc1cccc(C)c1S(OS(=O)(=O)c1c(C(F)(F)F)c(C(F)(F)F)c(C(F)(F)F)c(C(F)(F)F)c1C(F)(F)F)(c1ccccc1)c1ccccc1. The summed E-state index contributed by atoms with van der Waals surface area (Å²) in [5.41, 5.74) is -21.5. The quantitative estimate of drug-likeness (QED) is 0.183. The molecule has 0 unspecified atom stereocenters. The second kappa shape index (κ2) is 12.9. The lowest BCUT2D eigenvalue weighted by atomic mass is 9.89. The van der Waals surface area contributed by atoms with Crippen molar-refractivity contribution >= 4 is 20.4 Å². The zero-order valence-electron chi connectivity index (χ0n) is 25.2. The van der Waals surface area contributed by atoms with Gasteiger partial charge in [0.05, 0.1) is 27.8 Å². The molecule has 0 spiro atoms. The summed E-state index contributed by atoms with van der Waals surface area (Å²) in [4.78, 5) is -4.83. The van der Waals surface area contributed by atoms with Gasteiger partial charge in [0.1, 0.15) is 4.90 Å². The van der Waals surface area contributed by atoms with Crippen LogP contribution in [0.5, 0.6) is 0 Å². The van der Waals surface area contributed by atoms with Gasteiger partial charge in [0.2, 0.25) is 0 Å². The molecule has 0 aliphatic rings. The number of alkyl halides is 15. The Bertz CT molecular complexity index is 1920. The lowest BCUT2D eigenvalue weighted by Crippen LogP contribution is -2.34. The fraction of sp³-hybridized carbons (Fsp3) is 0.226. The van der Waals surface area contributed by atoms with Crippen molar-refractivity contribution in [3.8, 4) is 0 Å². The van der Waals surface area contributed by atoms with E-state index >= 15 is 0 Å². The highest BCUT2D eigenvalue weighted by molar-refractivity contribution is 8.33. The second-order valence-electron chi connectivity index (χ2n) is 10.6. The van der Waals surface area contributed by atoms with E-state index in [0.29, 0.717) is 0 Å². The summed E-state index contributed by atoms with van der Waals surface area (Å²) in [7, 11) is -11.7. The van der Waals surface area contributed by atoms with Gasteiger partial charge in [-0.05, 0) is 59.5 Å². The van der Waals surface area contributed by atoms with Crippen molar-refractivity contribution in [1.29, 1.82) is 0 Å². The number of halogens is 15. The third-order valence-electron chi connectivity index (χ3n) is 7.16. The van der Waals surface area contributed by atoms with Crippen LogP contribution in [0.1, 0.15) is 38.9 Å². The summed E-state index contributed by atoms with van der Waals surface area (Å²) in [6.45, 7) is 2.58. The average Bonchev–Trinajstić information content (AvgIpc) is 2.97. The van der Waals surface area contributed by atoms with Gasteiger partial charge in [0.15, 0.2) is 0 Å². The minimum Gasteiger partial charge on any atom is -0.203 e. The number of hydrogen-bond donors (Lipinski definition) is 0. The minimum atomic E-state index is -7.32. The molecule has 0 N–H and O–H groups in total. The summed E-state index contributed by atoms with van der Waals surface area (Å²) in [5.74, 6) is 0. The Labute approximate surface area is 280 Å². The van der Waals surface area contributed by atoms with Gasteiger partial charge in [-0.2, -0.15) is 74.3 Å². The van der Waals surface area contributed by atoms with Crippen molar-refractivity contribution in [1.82, 2.24) is 0 Å². The summed E-state index contributed by atoms with van der Waals surface area (Å²) >= 11 is 0. The maximum atomic E-state index is 14.6. The third kappa shape index (κ3) is 7.39. The first-order valence-corrected chi connectivity index (χ1v) is 16.6. The van der Waals surface area contributed by atoms with Crippen molar-refractivity contribution in [3.63, 3.8) is 0 Å². The van der Waals surface area contributed by atoms with Crippen LogP contribution >= 0.6 is 10.3 Å². The summed E-state index contributed by atoms with van der Waals surface area (Å²) in [6.07, 6.45) is -35.8. The molecule has 0 fully saturated rings. The van der Waals surface area contributed by atoms with Crippen molar-refractivity contribution in [2.45, 2.75) is 64.3 Å². The van der Waals surface area contributed by atoms with Gasteiger partial charge in [-0.15, -0.1) is 0 Å². The Morgan fingerprint density at radius 1 is 0.412 bits per heavy atom. The van der Waals surface area contributed by atoms with Crippen molar-refractivity contribution < 1.29 is 77.9 Å². The highest BCUT2D eigenvalue weighted by Crippen LogP contribution is 2.72. The minimum absolute atomic E-state index is 0.0411. The van der Waals surface area contributed by atoms with Gasteiger partial charge in [0, 0.05) is 14.7 Å². The van der Waals surface area contributed by atoms with Crippen LogP contribution < -0.4 is 0 Å². The topological polar surface area (TPSA) is 43.4 Å². The molecule has 0 bridgehead atoms. The zero-order chi connectivity index (χ0) is 38.8. The number of aryl methyl sites for hydroxylation is 2. The van der Waals surface area contributed by atoms with E-state index in [4.69, 9.17) is 3.63 Å². The number of benzene rings is 4. The maximum absolute atomic E-state index is 14.6. The van der Waals surface area contributed by atoms with E-state index in [2.05, 4.69) is 0 Å². The van der Waals surface area contributed by atoms with Crippen LogP contribution in [0.15, 0.2) is 98.4 Å². The molecular weight excluding hydrogens is 769 g/mol. The molecule has 0 aliphatic heterocycles. The largest absolute Gasteiger partial charge is 0.418 e. The van der Waals surface area contributed by atoms with E-state index in [-0.39, 0.29) is 25.8 Å². The predicted molar refractivity (Wildman–Crippen MR) is 151 cm³/mol. The molecule has 0 heterocycles. The lowest BCUT2D eigenvalue weighted by Gasteiger charge is -2.41. The average molecular weight is 789 g/mol. The van der Waals surface area contributed by atoms with E-state index in [1.165, 1.54) is 68.4 Å². The molecule has 3 nitrogen and oxygen atoms in total. The first kappa shape index (κ1) is 39.9. The van der Waals surface area contributed by atoms with Crippen LogP contribution in [0, 0.1) is 13.8 Å². The van der Waals surface area contributed by atoms with Gasteiger partial charge in [0.25, 0.3) is 0 Å². The van der Waals surface area contributed by atoms with E-state index in [0.717, 1.165) is 24.3 Å². The molecule has 20 heteroatoms. The number of hydrogen-bond acceptors (Lipinski definition) is 3. The molecule has 51 heavy (non-hydrogen) atoms. The normalized spacial score (nSPS) is 14.1. The van der Waals surface area contributed by atoms with Crippen LogP contribution in [0.2, 0.25) is 0 Å². The maximum Gasteiger partial charge on any atom is 0.418 e. The predicted octanol–water partition coefficient (Wildman–Crippen LogP) is 12.0. The lowest BCUT2D eigenvalue weighted by molar-refractivity contribution is -0.191. The van der Waals surface area contributed by atoms with Crippen LogP contribution in [-0.2, 0) is 44.6 Å². The molecule has 4 aromatic carbocycles. The third-order valence-corrected chi connectivity index (χ3v) is 12.7. The molecule has 0 amide bonds. The van der Waals surface area contributed by atoms with Gasteiger partial charge >= 0.3 is 41.0 Å². The highest BCUT2D eigenvalue weighted by atomic mass is 32.3. The van der Waals surface area contributed by atoms with Gasteiger partial charge < -0.3 is 0 Å². The van der Waals surface area contributed by atoms with Crippen LogP contribution in [-0.4, -0.2) is 8.42 Å². The second-order valence-corrected chi connectivity index (χ2v) is 14.9. The molecule has 4 rings (SSSR count). The standard InChI is InChI=1S/C31H19F15O3S2/c1-16-10-9-11-17(2)25(16)50(18-12-5-3-6-13-18,19-14-7-4-8-15-19)49-51(47,48)26-23(30(41,42)43)21(28(35,36)37)20(27(32,33)34)22(29(38,39)40)24(26)31(44,45)46/h3-15H,1-2H3. The van der Waals surface area contributed by atoms with Crippen molar-refractivity contribution in [3.05, 3.63) is 118 Å². The molecule has 278 valence electrons. The van der Waals surface area contributed by atoms with Gasteiger partial charge in [-0.3, -0.25) is 0 Å². The van der Waals surface area contributed by atoms with Crippen LogP contribution in [0.4, 0.5) is 65.9 Å². The van der Waals surface area contributed by atoms with E-state index in [9.17, 15) is 74.3 Å². The van der Waals surface area contributed by atoms with Gasteiger partial charge in [-0.1, -0.05) is 54.6 Å². The van der Waals surface area contributed by atoms with E-state index in [1.807, 2.05) is 0 Å². The zero-order valence-corrected chi connectivity index (χ0v) is 26.8. The summed E-state index contributed by atoms with van der Waals surface area (Å²) in [5, 5.41) is 0. The first-order chi connectivity index (χ1) is 23.1. The molecule has 0 radical (unpaired) electrons. The Hall–Kier alpha value is -3.91. The molecule has 0 aromatic heterocycles. The van der Waals surface area contributed by atoms with E-state index in [1.54, 1.807) is 0 Å². The molecule has 0 aliphatic carbocycles. The monoisotopic (exact) mass is 788 g/mol. The smallest absolute Gasteiger partial charge is 0.203 e. The van der Waals surface area contributed by atoms with Crippen molar-refractivity contribution in [2.75, 3.05) is 0 Å². The van der Waals surface area contributed by atoms with Gasteiger partial charge in [-0.25, -0.2) is 3.63 Å². The Morgan fingerprint density at radius 2 is 0.706 bits per heavy atom. The van der Waals surface area contributed by atoms with Crippen molar-refractivity contribution in [2.24, 2.45) is 0 Å². The molecule has 4 aromatic rings. The van der Waals surface area contributed by atoms with Crippen LogP contribution in [0.25, 0.3) is 0 Å². The Balaban J connectivity index is 2.42. The molecular formula is C31H19F15O3S2. The molecule has 0 saturated heterocycles. The molecule has 0 saturated carbocycles. The fourth-order valence-electron chi connectivity index (χ4n) is 5.50. The number of rotatable bonds is 6. The Morgan fingerprint density at radius 3 is 1.00 bits per heavy atom. The fourth-order valence-corrected chi connectivity index (χ4v) is 11.5. The summed E-state index contributed by atoms with van der Waals surface area (Å²) in [6, 6.07) is 15.7. The van der Waals surface area contributed by atoms with Crippen LogP contribution in [0.3, 0.4) is 0 Å². The molecule has 0 atom stereocenters. The highest BCUT2D eigenvalue weighted by Gasteiger charge is 2.63. The first-order valence-electron chi connectivity index (χ1n) is 13.6.